The van der Waals surface area contributed by atoms with E-state index in [2.05, 4.69) is 15.5 Å². The number of ether oxygens (including phenoxy) is 1. The molecule has 8 heteroatoms. The SMILES string of the molecule is COc1ccccc1-c1nnc(C(=O)Nc2cc(Cl)cc(Cl)c2)o1. The highest BCUT2D eigenvalue weighted by atomic mass is 35.5. The predicted molar refractivity (Wildman–Crippen MR) is 90.7 cm³/mol. The lowest BCUT2D eigenvalue weighted by molar-refractivity contribution is 0.0991. The van der Waals surface area contributed by atoms with Crippen LogP contribution in [0.4, 0.5) is 5.69 Å². The number of carbonyl (C=O) groups excluding carboxylic acids is 1. The summed E-state index contributed by atoms with van der Waals surface area (Å²) in [5, 5.41) is 11.0. The second-order valence-corrected chi connectivity index (χ2v) is 5.60. The van der Waals surface area contributed by atoms with Gasteiger partial charge in [0.05, 0.1) is 12.7 Å². The van der Waals surface area contributed by atoms with Gasteiger partial charge in [-0.05, 0) is 30.3 Å². The topological polar surface area (TPSA) is 77.2 Å². The number of nitrogens with zero attached hydrogens (tertiary/aromatic N) is 2. The van der Waals surface area contributed by atoms with Crippen LogP contribution in [0.15, 0.2) is 46.9 Å². The number of aromatic nitrogens is 2. The Labute approximate surface area is 147 Å². The average Bonchev–Trinajstić information content (AvgIpc) is 3.03. The summed E-state index contributed by atoms with van der Waals surface area (Å²) in [6.45, 7) is 0. The molecule has 0 bridgehead atoms. The van der Waals surface area contributed by atoms with Gasteiger partial charge in [-0.1, -0.05) is 35.3 Å². The average molecular weight is 364 g/mol. The highest BCUT2D eigenvalue weighted by Gasteiger charge is 2.18. The van der Waals surface area contributed by atoms with E-state index in [1.54, 1.807) is 36.4 Å². The van der Waals surface area contributed by atoms with E-state index in [9.17, 15) is 4.79 Å². The van der Waals surface area contributed by atoms with Crippen molar-refractivity contribution in [1.82, 2.24) is 10.2 Å². The molecule has 0 aliphatic rings. The Balaban J connectivity index is 1.83. The molecule has 0 radical (unpaired) electrons. The van der Waals surface area contributed by atoms with Gasteiger partial charge in [-0.15, -0.1) is 10.2 Å². The third-order valence-corrected chi connectivity index (χ3v) is 3.51. The molecule has 24 heavy (non-hydrogen) atoms. The minimum absolute atomic E-state index is 0.182. The molecule has 0 aliphatic heterocycles. The predicted octanol–water partition coefficient (Wildman–Crippen LogP) is 4.30. The highest BCUT2D eigenvalue weighted by Crippen LogP contribution is 2.28. The monoisotopic (exact) mass is 363 g/mol. The van der Waals surface area contributed by atoms with Crippen LogP contribution in [0.1, 0.15) is 10.7 Å². The van der Waals surface area contributed by atoms with Gasteiger partial charge in [0.15, 0.2) is 0 Å². The first-order valence-electron chi connectivity index (χ1n) is 6.81. The van der Waals surface area contributed by atoms with Crippen LogP contribution in [0.3, 0.4) is 0 Å². The molecule has 1 amide bonds. The van der Waals surface area contributed by atoms with Crippen molar-refractivity contribution in [1.29, 1.82) is 0 Å². The summed E-state index contributed by atoms with van der Waals surface area (Å²) in [6.07, 6.45) is 0. The van der Waals surface area contributed by atoms with Crippen LogP contribution in [-0.2, 0) is 0 Å². The van der Waals surface area contributed by atoms with Gasteiger partial charge in [-0.2, -0.15) is 0 Å². The van der Waals surface area contributed by atoms with E-state index in [1.165, 1.54) is 7.11 Å². The molecule has 0 atom stereocenters. The fraction of sp³-hybridized carbons (Fsp3) is 0.0625. The molecule has 122 valence electrons. The fourth-order valence-electron chi connectivity index (χ4n) is 2.06. The summed E-state index contributed by atoms with van der Waals surface area (Å²) in [6, 6.07) is 11.8. The van der Waals surface area contributed by atoms with Crippen LogP contribution in [0.5, 0.6) is 5.75 Å². The third kappa shape index (κ3) is 3.50. The van der Waals surface area contributed by atoms with Crippen LogP contribution in [0.2, 0.25) is 10.0 Å². The molecule has 1 heterocycles. The highest BCUT2D eigenvalue weighted by molar-refractivity contribution is 6.35. The van der Waals surface area contributed by atoms with Crippen molar-refractivity contribution >= 4 is 34.8 Å². The molecule has 0 aliphatic carbocycles. The minimum atomic E-state index is -0.568. The first kappa shape index (κ1) is 16.3. The summed E-state index contributed by atoms with van der Waals surface area (Å²) in [5.41, 5.74) is 1.02. The fourth-order valence-corrected chi connectivity index (χ4v) is 2.58. The van der Waals surface area contributed by atoms with E-state index >= 15 is 0 Å². The van der Waals surface area contributed by atoms with Gasteiger partial charge in [-0.25, -0.2) is 0 Å². The van der Waals surface area contributed by atoms with E-state index < -0.39 is 5.91 Å². The zero-order valence-electron chi connectivity index (χ0n) is 12.4. The lowest BCUT2D eigenvalue weighted by Gasteiger charge is -2.04. The maximum atomic E-state index is 12.2. The maximum Gasteiger partial charge on any atom is 0.313 e. The van der Waals surface area contributed by atoms with Crippen LogP contribution in [0.25, 0.3) is 11.5 Å². The van der Waals surface area contributed by atoms with Crippen molar-refractivity contribution in [2.45, 2.75) is 0 Å². The molecule has 0 fully saturated rings. The Morgan fingerprint density at radius 2 is 1.83 bits per heavy atom. The standard InChI is InChI=1S/C16H11Cl2N3O3/c1-23-13-5-3-2-4-12(13)15-20-21-16(24-15)14(22)19-11-7-9(17)6-10(18)8-11/h2-8H,1H3,(H,19,22). The van der Waals surface area contributed by atoms with Crippen LogP contribution < -0.4 is 10.1 Å². The van der Waals surface area contributed by atoms with Gasteiger partial charge in [0.2, 0.25) is 0 Å². The molecule has 6 nitrogen and oxygen atoms in total. The number of rotatable bonds is 4. The van der Waals surface area contributed by atoms with Gasteiger partial charge in [-0.3, -0.25) is 4.79 Å². The second-order valence-electron chi connectivity index (χ2n) is 4.72. The van der Waals surface area contributed by atoms with Crippen molar-refractivity contribution < 1.29 is 13.9 Å². The number of anilines is 1. The lowest BCUT2D eigenvalue weighted by Crippen LogP contribution is -2.12. The number of para-hydroxylation sites is 1. The summed E-state index contributed by atoms with van der Waals surface area (Å²) >= 11 is 11.8. The lowest BCUT2D eigenvalue weighted by atomic mass is 10.2. The maximum absolute atomic E-state index is 12.2. The number of hydrogen-bond donors (Lipinski definition) is 1. The molecule has 3 rings (SSSR count). The second kappa shape index (κ2) is 6.90. The Morgan fingerprint density at radius 3 is 2.54 bits per heavy atom. The summed E-state index contributed by atoms with van der Waals surface area (Å²) < 4.78 is 10.7. The number of hydrogen-bond acceptors (Lipinski definition) is 5. The van der Waals surface area contributed by atoms with Crippen molar-refractivity contribution in [3.8, 4) is 17.2 Å². The quantitative estimate of drug-likeness (QED) is 0.747. The van der Waals surface area contributed by atoms with E-state index in [0.717, 1.165) is 0 Å². The molecule has 0 unspecified atom stereocenters. The number of carbonyl (C=O) groups is 1. The zero-order chi connectivity index (χ0) is 17.1. The minimum Gasteiger partial charge on any atom is -0.496 e. The first-order valence-corrected chi connectivity index (χ1v) is 7.57. The molecule has 1 N–H and O–H groups in total. The molecular formula is C16H11Cl2N3O3. The smallest absolute Gasteiger partial charge is 0.313 e. The molecule has 3 aromatic rings. The first-order chi connectivity index (χ1) is 11.6. The van der Waals surface area contributed by atoms with Gasteiger partial charge in [0.25, 0.3) is 5.89 Å². The van der Waals surface area contributed by atoms with E-state index in [0.29, 0.717) is 27.0 Å². The zero-order valence-corrected chi connectivity index (χ0v) is 13.9. The molecule has 0 saturated heterocycles. The number of halogens is 2. The van der Waals surface area contributed by atoms with Gasteiger partial charge >= 0.3 is 11.8 Å². The van der Waals surface area contributed by atoms with Crippen molar-refractivity contribution in [3.05, 3.63) is 58.4 Å². The Bertz CT molecular complexity index is 876. The van der Waals surface area contributed by atoms with Crippen molar-refractivity contribution in [2.24, 2.45) is 0 Å². The molecule has 0 spiro atoms. The number of benzene rings is 2. The molecule has 0 saturated carbocycles. The summed E-state index contributed by atoms with van der Waals surface area (Å²) in [7, 11) is 1.53. The largest absolute Gasteiger partial charge is 0.496 e. The van der Waals surface area contributed by atoms with Gasteiger partial charge in [0.1, 0.15) is 5.75 Å². The Morgan fingerprint density at radius 1 is 1.12 bits per heavy atom. The van der Waals surface area contributed by atoms with E-state index in [1.807, 2.05) is 6.07 Å². The summed E-state index contributed by atoms with van der Waals surface area (Å²) in [4.78, 5) is 12.2. The molecule has 2 aromatic carbocycles. The van der Waals surface area contributed by atoms with Crippen LogP contribution in [-0.4, -0.2) is 23.2 Å². The van der Waals surface area contributed by atoms with Gasteiger partial charge < -0.3 is 14.5 Å². The van der Waals surface area contributed by atoms with Crippen molar-refractivity contribution in [2.75, 3.05) is 12.4 Å². The number of methoxy groups -OCH3 is 1. The molecular weight excluding hydrogens is 353 g/mol. The number of amides is 1. The van der Waals surface area contributed by atoms with Crippen LogP contribution >= 0.6 is 23.2 Å². The molecule has 1 aromatic heterocycles. The van der Waals surface area contributed by atoms with Crippen LogP contribution in [0, 0.1) is 0 Å². The third-order valence-electron chi connectivity index (χ3n) is 3.08. The Hall–Kier alpha value is -2.57. The van der Waals surface area contributed by atoms with E-state index in [4.69, 9.17) is 32.4 Å². The number of nitrogens with one attached hydrogen (secondary N) is 1. The summed E-state index contributed by atoms with van der Waals surface area (Å²) in [5.74, 6) is -0.00885. The van der Waals surface area contributed by atoms with Gasteiger partial charge in [0, 0.05) is 15.7 Å². The van der Waals surface area contributed by atoms with E-state index in [-0.39, 0.29) is 11.8 Å². The Kier molecular flexibility index (Phi) is 4.69. The normalized spacial score (nSPS) is 10.5. The van der Waals surface area contributed by atoms with Crippen molar-refractivity contribution in [3.63, 3.8) is 0 Å².